The smallest absolute Gasteiger partial charge is 0.190 e. The minimum Gasteiger partial charge on any atom is -0.487 e. The molecule has 0 saturated heterocycles. The first-order valence-electron chi connectivity index (χ1n) is 4.28. The van der Waals surface area contributed by atoms with E-state index >= 15 is 0 Å². The van der Waals surface area contributed by atoms with Crippen molar-refractivity contribution in [2.75, 3.05) is 6.61 Å². The van der Waals surface area contributed by atoms with Crippen molar-refractivity contribution in [2.24, 2.45) is 5.92 Å². The van der Waals surface area contributed by atoms with Gasteiger partial charge in [0.1, 0.15) is 0 Å². The zero-order valence-corrected chi connectivity index (χ0v) is 8.74. The highest BCUT2D eigenvalue weighted by Crippen LogP contribution is 2.25. The number of ether oxygens (including phenoxy) is 1. The van der Waals surface area contributed by atoms with Crippen LogP contribution in [0.25, 0.3) is 0 Å². The fourth-order valence-electron chi connectivity index (χ4n) is 0.917. The molecule has 4 heteroatoms. The van der Waals surface area contributed by atoms with Gasteiger partial charge in [0, 0.05) is 5.02 Å². The van der Waals surface area contributed by atoms with E-state index in [0.717, 1.165) is 12.1 Å². The topological polar surface area (TPSA) is 9.23 Å². The second-order valence-corrected chi connectivity index (χ2v) is 3.84. The Balaban J connectivity index is 2.86. The third-order valence-electron chi connectivity index (χ3n) is 1.52. The lowest BCUT2D eigenvalue weighted by atomic mass is 10.2. The Hall–Kier alpha value is -0.830. The molecule has 0 radical (unpaired) electrons. The predicted octanol–water partition coefficient (Wildman–Crippen LogP) is 3.65. The van der Waals surface area contributed by atoms with E-state index in [1.54, 1.807) is 0 Å². The maximum absolute atomic E-state index is 13.1. The van der Waals surface area contributed by atoms with Crippen molar-refractivity contribution in [3.8, 4) is 5.75 Å². The maximum atomic E-state index is 13.1. The van der Waals surface area contributed by atoms with Crippen LogP contribution in [0.4, 0.5) is 8.78 Å². The average molecular weight is 221 g/mol. The molecule has 1 nitrogen and oxygen atoms in total. The maximum Gasteiger partial charge on any atom is 0.190 e. The summed E-state index contributed by atoms with van der Waals surface area (Å²) in [6.45, 7) is 4.06. The molecule has 0 fully saturated rings. The van der Waals surface area contributed by atoms with Crippen molar-refractivity contribution in [3.63, 3.8) is 0 Å². The SMILES string of the molecule is CC(C)COc1c(F)cc(Cl)cc1F. The lowest BCUT2D eigenvalue weighted by Gasteiger charge is -2.10. The van der Waals surface area contributed by atoms with Crippen molar-refractivity contribution in [3.05, 3.63) is 28.8 Å². The molecule has 0 aliphatic carbocycles. The normalized spacial score (nSPS) is 10.7. The molecule has 0 aliphatic rings. The van der Waals surface area contributed by atoms with Crippen molar-refractivity contribution in [1.82, 2.24) is 0 Å². The number of halogens is 3. The molecular formula is C10H11ClF2O. The lowest BCUT2D eigenvalue weighted by Crippen LogP contribution is -2.07. The van der Waals surface area contributed by atoms with E-state index in [2.05, 4.69) is 0 Å². The molecular weight excluding hydrogens is 210 g/mol. The van der Waals surface area contributed by atoms with Gasteiger partial charge in [0.25, 0.3) is 0 Å². The summed E-state index contributed by atoms with van der Waals surface area (Å²) in [5, 5.41) is 0.0249. The molecule has 1 aromatic carbocycles. The van der Waals surface area contributed by atoms with E-state index < -0.39 is 11.6 Å². The summed E-state index contributed by atoms with van der Waals surface area (Å²) in [5.41, 5.74) is 0. The summed E-state index contributed by atoms with van der Waals surface area (Å²) in [7, 11) is 0. The third kappa shape index (κ3) is 2.84. The molecule has 0 N–H and O–H groups in total. The summed E-state index contributed by atoms with van der Waals surface area (Å²) in [6, 6.07) is 2.06. The highest BCUT2D eigenvalue weighted by Gasteiger charge is 2.12. The van der Waals surface area contributed by atoms with Crippen molar-refractivity contribution in [1.29, 1.82) is 0 Å². The number of rotatable bonds is 3. The predicted molar refractivity (Wildman–Crippen MR) is 51.7 cm³/mol. The molecule has 0 spiro atoms. The van der Waals surface area contributed by atoms with Crippen LogP contribution in [-0.4, -0.2) is 6.61 Å². The van der Waals surface area contributed by atoms with E-state index in [1.165, 1.54) is 0 Å². The van der Waals surface area contributed by atoms with E-state index in [-0.39, 0.29) is 23.3 Å². The minimum atomic E-state index is -0.768. The second kappa shape index (κ2) is 4.60. The highest BCUT2D eigenvalue weighted by atomic mass is 35.5. The molecule has 78 valence electrons. The van der Waals surface area contributed by atoms with Gasteiger partial charge in [0.15, 0.2) is 17.4 Å². The van der Waals surface area contributed by atoms with Crippen molar-refractivity contribution in [2.45, 2.75) is 13.8 Å². The fraction of sp³-hybridized carbons (Fsp3) is 0.400. The van der Waals surface area contributed by atoms with Crippen LogP contribution in [0.3, 0.4) is 0 Å². The lowest BCUT2D eigenvalue weighted by molar-refractivity contribution is 0.247. The first-order valence-corrected chi connectivity index (χ1v) is 4.66. The fourth-order valence-corrected chi connectivity index (χ4v) is 1.11. The molecule has 0 heterocycles. The molecule has 0 aliphatic heterocycles. The van der Waals surface area contributed by atoms with Gasteiger partial charge in [-0.2, -0.15) is 0 Å². The van der Waals surface area contributed by atoms with Crippen LogP contribution in [0.15, 0.2) is 12.1 Å². The van der Waals surface area contributed by atoms with Crippen LogP contribution in [0, 0.1) is 17.6 Å². The standard InChI is InChI=1S/C10H11ClF2O/c1-6(2)5-14-10-8(12)3-7(11)4-9(10)13/h3-4,6H,5H2,1-2H3. The van der Waals surface area contributed by atoms with Gasteiger partial charge in [-0.05, 0) is 18.1 Å². The monoisotopic (exact) mass is 220 g/mol. The average Bonchev–Trinajstić information content (AvgIpc) is 2.01. The Morgan fingerprint density at radius 1 is 1.29 bits per heavy atom. The Bertz CT molecular complexity index is 303. The van der Waals surface area contributed by atoms with E-state index in [4.69, 9.17) is 16.3 Å². The van der Waals surface area contributed by atoms with E-state index in [0.29, 0.717) is 0 Å². The van der Waals surface area contributed by atoms with Gasteiger partial charge in [-0.15, -0.1) is 0 Å². The first kappa shape index (κ1) is 11.2. The minimum absolute atomic E-state index is 0.0249. The Kier molecular flexibility index (Phi) is 3.69. The molecule has 0 unspecified atom stereocenters. The molecule has 0 amide bonds. The van der Waals surface area contributed by atoms with Crippen LogP contribution in [0.5, 0.6) is 5.75 Å². The van der Waals surface area contributed by atoms with Gasteiger partial charge in [-0.3, -0.25) is 0 Å². The quantitative estimate of drug-likeness (QED) is 0.756. The highest BCUT2D eigenvalue weighted by molar-refractivity contribution is 6.30. The number of benzene rings is 1. The molecule has 0 saturated carbocycles. The molecule has 1 rings (SSSR count). The summed E-state index contributed by atoms with van der Waals surface area (Å²) in [4.78, 5) is 0. The molecule has 0 atom stereocenters. The number of hydrogen-bond acceptors (Lipinski definition) is 1. The second-order valence-electron chi connectivity index (χ2n) is 3.40. The summed E-state index contributed by atoms with van der Waals surface area (Å²) in [6.07, 6.45) is 0. The zero-order valence-electron chi connectivity index (χ0n) is 7.98. The first-order chi connectivity index (χ1) is 6.50. The van der Waals surface area contributed by atoms with E-state index in [1.807, 2.05) is 13.8 Å². The Labute approximate surface area is 86.6 Å². The molecule has 0 bridgehead atoms. The Morgan fingerprint density at radius 3 is 2.21 bits per heavy atom. The van der Waals surface area contributed by atoms with Crippen molar-refractivity contribution >= 4 is 11.6 Å². The van der Waals surface area contributed by atoms with E-state index in [9.17, 15) is 8.78 Å². The summed E-state index contributed by atoms with van der Waals surface area (Å²) in [5.74, 6) is -1.68. The summed E-state index contributed by atoms with van der Waals surface area (Å²) >= 11 is 5.45. The van der Waals surface area contributed by atoms with Crippen LogP contribution >= 0.6 is 11.6 Å². The van der Waals surface area contributed by atoms with Gasteiger partial charge < -0.3 is 4.74 Å². The van der Waals surface area contributed by atoms with Crippen LogP contribution in [0.1, 0.15) is 13.8 Å². The van der Waals surface area contributed by atoms with Crippen LogP contribution < -0.4 is 4.74 Å². The Morgan fingerprint density at radius 2 is 1.79 bits per heavy atom. The largest absolute Gasteiger partial charge is 0.487 e. The van der Waals surface area contributed by atoms with Gasteiger partial charge >= 0.3 is 0 Å². The zero-order chi connectivity index (χ0) is 10.7. The van der Waals surface area contributed by atoms with Gasteiger partial charge in [0.05, 0.1) is 6.61 Å². The van der Waals surface area contributed by atoms with Gasteiger partial charge in [0.2, 0.25) is 0 Å². The molecule has 0 aromatic heterocycles. The molecule has 14 heavy (non-hydrogen) atoms. The molecule has 1 aromatic rings. The van der Waals surface area contributed by atoms with Crippen LogP contribution in [-0.2, 0) is 0 Å². The van der Waals surface area contributed by atoms with Crippen molar-refractivity contribution < 1.29 is 13.5 Å². The van der Waals surface area contributed by atoms with Gasteiger partial charge in [-0.25, -0.2) is 8.78 Å². The van der Waals surface area contributed by atoms with Gasteiger partial charge in [-0.1, -0.05) is 25.4 Å². The third-order valence-corrected chi connectivity index (χ3v) is 1.74. The summed E-state index contributed by atoms with van der Waals surface area (Å²) < 4.78 is 31.2. The van der Waals surface area contributed by atoms with Crippen LogP contribution in [0.2, 0.25) is 5.02 Å². The number of hydrogen-bond donors (Lipinski definition) is 0.